The van der Waals surface area contributed by atoms with E-state index >= 15 is 0 Å². The number of hydrogen-bond acceptors (Lipinski definition) is 2. The maximum Gasteiger partial charge on any atom is 0.0693 e. The predicted octanol–water partition coefficient (Wildman–Crippen LogP) is 3.16. The third-order valence-corrected chi connectivity index (χ3v) is 3.94. The normalized spacial score (nSPS) is 25.9. The highest BCUT2D eigenvalue weighted by Crippen LogP contribution is 2.19. The summed E-state index contributed by atoms with van der Waals surface area (Å²) in [5.41, 5.74) is 1.28. The van der Waals surface area contributed by atoms with E-state index in [9.17, 15) is 5.11 Å². The van der Waals surface area contributed by atoms with Crippen molar-refractivity contribution in [2.75, 3.05) is 0 Å². The lowest BCUT2D eigenvalue weighted by Gasteiger charge is -2.31. The van der Waals surface area contributed by atoms with Crippen molar-refractivity contribution in [2.45, 2.75) is 57.2 Å². The fraction of sp³-hybridized carbons (Fsp3) is 0.600. The summed E-state index contributed by atoms with van der Waals surface area (Å²) < 4.78 is 0. The molecule has 100 valence electrons. The molecule has 1 aromatic rings. The lowest BCUT2D eigenvalue weighted by Crippen LogP contribution is -2.46. The van der Waals surface area contributed by atoms with E-state index < -0.39 is 0 Å². The van der Waals surface area contributed by atoms with Gasteiger partial charge in [0.05, 0.1) is 6.10 Å². The van der Waals surface area contributed by atoms with Gasteiger partial charge in [0.15, 0.2) is 0 Å². The van der Waals surface area contributed by atoms with Crippen molar-refractivity contribution in [3.8, 4) is 0 Å². The van der Waals surface area contributed by atoms with E-state index in [0.29, 0.717) is 6.04 Å². The zero-order chi connectivity index (χ0) is 13.0. The first kappa shape index (κ1) is 13.9. The average Bonchev–Trinajstić information content (AvgIpc) is 2.35. The molecule has 0 aliphatic heterocycles. The van der Waals surface area contributed by atoms with Crippen LogP contribution in [0.3, 0.4) is 0 Å². The quantitative estimate of drug-likeness (QED) is 0.878. The van der Waals surface area contributed by atoms with Gasteiger partial charge in [-0.15, -0.1) is 0 Å². The maximum atomic E-state index is 9.94. The molecule has 1 aliphatic rings. The van der Waals surface area contributed by atoms with Crippen LogP contribution < -0.4 is 5.32 Å². The summed E-state index contributed by atoms with van der Waals surface area (Å²) >= 11 is 5.87. The number of halogens is 1. The van der Waals surface area contributed by atoms with Crippen LogP contribution in [0.4, 0.5) is 0 Å². The SMILES string of the molecule is CC(Cc1ccc(Cl)cc1)NC1CCCCC1O. The molecule has 3 atom stereocenters. The highest BCUT2D eigenvalue weighted by molar-refractivity contribution is 6.30. The molecule has 0 heterocycles. The number of benzene rings is 1. The van der Waals surface area contributed by atoms with Crippen LogP contribution in [0.15, 0.2) is 24.3 Å². The predicted molar refractivity (Wildman–Crippen MR) is 76.0 cm³/mol. The molecule has 1 aromatic carbocycles. The van der Waals surface area contributed by atoms with Gasteiger partial charge in [0, 0.05) is 17.1 Å². The third kappa shape index (κ3) is 3.98. The van der Waals surface area contributed by atoms with Gasteiger partial charge in [-0.25, -0.2) is 0 Å². The van der Waals surface area contributed by atoms with E-state index in [1.807, 2.05) is 12.1 Å². The van der Waals surface area contributed by atoms with Gasteiger partial charge in [-0.3, -0.25) is 0 Å². The van der Waals surface area contributed by atoms with Crippen LogP contribution in [0, 0.1) is 0 Å². The van der Waals surface area contributed by atoms with Crippen LogP contribution in [-0.2, 0) is 6.42 Å². The second-order valence-corrected chi connectivity index (χ2v) is 5.79. The van der Waals surface area contributed by atoms with Crippen LogP contribution >= 0.6 is 11.6 Å². The molecule has 18 heavy (non-hydrogen) atoms. The number of nitrogens with one attached hydrogen (secondary N) is 1. The second-order valence-electron chi connectivity index (χ2n) is 5.36. The molecule has 1 aliphatic carbocycles. The minimum Gasteiger partial charge on any atom is -0.392 e. The van der Waals surface area contributed by atoms with E-state index in [1.165, 1.54) is 12.0 Å². The molecule has 0 spiro atoms. The van der Waals surface area contributed by atoms with Gasteiger partial charge in [-0.05, 0) is 43.9 Å². The molecule has 0 amide bonds. The minimum atomic E-state index is -0.175. The Kier molecular flexibility index (Phi) is 5.04. The Balaban J connectivity index is 1.84. The highest BCUT2D eigenvalue weighted by Gasteiger charge is 2.23. The lowest BCUT2D eigenvalue weighted by atomic mass is 9.91. The van der Waals surface area contributed by atoms with Crippen molar-refractivity contribution in [2.24, 2.45) is 0 Å². The van der Waals surface area contributed by atoms with E-state index in [1.54, 1.807) is 0 Å². The van der Waals surface area contributed by atoms with Crippen molar-refractivity contribution in [3.05, 3.63) is 34.9 Å². The number of hydrogen-bond donors (Lipinski definition) is 2. The molecule has 0 aromatic heterocycles. The van der Waals surface area contributed by atoms with Crippen LogP contribution in [0.1, 0.15) is 38.2 Å². The molecule has 3 unspecified atom stereocenters. The Labute approximate surface area is 114 Å². The van der Waals surface area contributed by atoms with Crippen LogP contribution in [0.5, 0.6) is 0 Å². The van der Waals surface area contributed by atoms with Gasteiger partial charge >= 0.3 is 0 Å². The molecule has 1 saturated carbocycles. The average molecular weight is 268 g/mol. The largest absolute Gasteiger partial charge is 0.392 e. The first-order valence-electron chi connectivity index (χ1n) is 6.83. The Morgan fingerprint density at radius 2 is 1.94 bits per heavy atom. The lowest BCUT2D eigenvalue weighted by molar-refractivity contribution is 0.0859. The van der Waals surface area contributed by atoms with Crippen molar-refractivity contribution in [1.82, 2.24) is 5.32 Å². The first-order valence-corrected chi connectivity index (χ1v) is 7.21. The van der Waals surface area contributed by atoms with Gasteiger partial charge in [0.2, 0.25) is 0 Å². The summed E-state index contributed by atoms with van der Waals surface area (Å²) in [5, 5.41) is 14.3. The minimum absolute atomic E-state index is 0.175. The first-order chi connectivity index (χ1) is 8.65. The molecule has 0 radical (unpaired) electrons. The molecule has 0 bridgehead atoms. The smallest absolute Gasteiger partial charge is 0.0693 e. The highest BCUT2D eigenvalue weighted by atomic mass is 35.5. The zero-order valence-electron chi connectivity index (χ0n) is 10.9. The van der Waals surface area contributed by atoms with Gasteiger partial charge < -0.3 is 10.4 Å². The summed E-state index contributed by atoms with van der Waals surface area (Å²) in [6.07, 6.45) is 5.21. The topological polar surface area (TPSA) is 32.3 Å². The zero-order valence-corrected chi connectivity index (χ0v) is 11.7. The number of rotatable bonds is 4. The molecule has 3 heteroatoms. The van der Waals surface area contributed by atoms with Crippen molar-refractivity contribution < 1.29 is 5.11 Å². The summed E-state index contributed by atoms with van der Waals surface area (Å²) in [5.74, 6) is 0. The Hall–Kier alpha value is -0.570. The van der Waals surface area contributed by atoms with Gasteiger partial charge in [-0.2, -0.15) is 0 Å². The second kappa shape index (κ2) is 6.55. The molecule has 2 rings (SSSR count). The van der Waals surface area contributed by atoms with E-state index in [2.05, 4.69) is 24.4 Å². The number of aliphatic hydroxyl groups excluding tert-OH is 1. The fourth-order valence-corrected chi connectivity index (χ4v) is 2.83. The van der Waals surface area contributed by atoms with Crippen LogP contribution in [-0.4, -0.2) is 23.3 Å². The molecular formula is C15H22ClNO. The van der Waals surface area contributed by atoms with Crippen molar-refractivity contribution in [3.63, 3.8) is 0 Å². The standard InChI is InChI=1S/C15H22ClNO/c1-11(10-12-6-8-13(16)9-7-12)17-14-4-2-3-5-15(14)18/h6-9,11,14-15,17-18H,2-5,10H2,1H3. The molecule has 1 fully saturated rings. The molecule has 2 N–H and O–H groups in total. The Morgan fingerprint density at radius 1 is 1.28 bits per heavy atom. The Morgan fingerprint density at radius 3 is 2.61 bits per heavy atom. The third-order valence-electron chi connectivity index (χ3n) is 3.68. The van der Waals surface area contributed by atoms with Gasteiger partial charge in [0.1, 0.15) is 0 Å². The fourth-order valence-electron chi connectivity index (χ4n) is 2.70. The number of aliphatic hydroxyl groups is 1. The van der Waals surface area contributed by atoms with Gasteiger partial charge in [-0.1, -0.05) is 36.6 Å². The Bertz CT molecular complexity index is 365. The van der Waals surface area contributed by atoms with Crippen molar-refractivity contribution in [1.29, 1.82) is 0 Å². The van der Waals surface area contributed by atoms with Gasteiger partial charge in [0.25, 0.3) is 0 Å². The molecule has 0 saturated heterocycles. The summed E-state index contributed by atoms with van der Waals surface area (Å²) in [4.78, 5) is 0. The maximum absolute atomic E-state index is 9.94. The molecule has 2 nitrogen and oxygen atoms in total. The molecular weight excluding hydrogens is 246 g/mol. The van der Waals surface area contributed by atoms with Crippen molar-refractivity contribution >= 4 is 11.6 Å². The summed E-state index contributed by atoms with van der Waals surface area (Å²) in [7, 11) is 0. The van der Waals surface area contributed by atoms with E-state index in [0.717, 1.165) is 30.7 Å². The van der Waals surface area contributed by atoms with E-state index in [4.69, 9.17) is 11.6 Å². The van der Waals surface area contributed by atoms with Crippen LogP contribution in [0.25, 0.3) is 0 Å². The summed E-state index contributed by atoms with van der Waals surface area (Å²) in [6, 6.07) is 8.64. The monoisotopic (exact) mass is 267 g/mol. The van der Waals surface area contributed by atoms with E-state index in [-0.39, 0.29) is 12.1 Å². The van der Waals surface area contributed by atoms with Crippen LogP contribution in [0.2, 0.25) is 5.02 Å². The summed E-state index contributed by atoms with van der Waals surface area (Å²) in [6.45, 7) is 2.18.